The van der Waals surface area contributed by atoms with Gasteiger partial charge in [-0.15, -0.1) is 0 Å². The predicted octanol–water partition coefficient (Wildman–Crippen LogP) is 4.90. The summed E-state index contributed by atoms with van der Waals surface area (Å²) in [7, 11) is 0. The van der Waals surface area contributed by atoms with E-state index in [2.05, 4.69) is 20.3 Å². The highest BCUT2D eigenvalue weighted by Gasteiger charge is 2.20. The molecule has 0 spiro atoms. The van der Waals surface area contributed by atoms with Crippen LogP contribution in [0.2, 0.25) is 10.2 Å². The number of carbonyl (C=O) groups excluding carboxylic acids is 1. The van der Waals surface area contributed by atoms with E-state index < -0.39 is 12.5 Å². The number of anilines is 1. The smallest absolute Gasteiger partial charge is 0.302 e. The van der Waals surface area contributed by atoms with Gasteiger partial charge in [-0.25, -0.2) is 15.0 Å². The van der Waals surface area contributed by atoms with E-state index in [1.165, 1.54) is 12.4 Å². The van der Waals surface area contributed by atoms with Crippen LogP contribution in [0.3, 0.4) is 0 Å². The molecule has 0 aliphatic rings. The second-order valence-electron chi connectivity index (χ2n) is 5.61. The summed E-state index contributed by atoms with van der Waals surface area (Å²) >= 11 is 13.2. The van der Waals surface area contributed by atoms with Crippen molar-refractivity contribution in [2.24, 2.45) is 0 Å². The maximum Gasteiger partial charge on any atom is 0.320 e. The minimum Gasteiger partial charge on any atom is -0.302 e. The van der Waals surface area contributed by atoms with Gasteiger partial charge in [0, 0.05) is 28.7 Å². The van der Waals surface area contributed by atoms with Crippen molar-refractivity contribution < 1.29 is 13.6 Å². The highest BCUT2D eigenvalue weighted by molar-refractivity contribution is 7.19. The fraction of sp³-hybridized carbons (Fsp3) is 0.250. The highest BCUT2D eigenvalue weighted by Crippen LogP contribution is 2.33. The highest BCUT2D eigenvalue weighted by atomic mass is 35.5. The summed E-state index contributed by atoms with van der Waals surface area (Å²) in [5, 5.41) is 3.40. The summed E-state index contributed by atoms with van der Waals surface area (Å²) in [6.45, 7) is 0.675. The minimum atomic E-state index is -2.72. The van der Waals surface area contributed by atoms with Crippen LogP contribution < -0.4 is 5.32 Å². The zero-order valence-corrected chi connectivity index (χ0v) is 16.5. The van der Waals surface area contributed by atoms with E-state index in [0.29, 0.717) is 26.9 Å². The Balaban J connectivity index is 1.79. The molecular formula is C16H13Cl2F2N5OS. The zero-order chi connectivity index (χ0) is 19.7. The van der Waals surface area contributed by atoms with E-state index in [4.69, 9.17) is 23.2 Å². The first-order chi connectivity index (χ1) is 12.8. The number of alkyl halides is 2. The standard InChI is InChI=1S/C16H13Cl2F2N5OS/c1-7-5-10(17)9(13(18)22-7)6-11(26)24-16-23-8(2)12(27-16)14-21-3-4-25(14)15(19)20/h3-5,15H,6H2,1-2H3,(H,23,24,26). The Morgan fingerprint density at radius 1 is 1.33 bits per heavy atom. The summed E-state index contributed by atoms with van der Waals surface area (Å²) in [6.07, 6.45) is 2.38. The van der Waals surface area contributed by atoms with Gasteiger partial charge < -0.3 is 5.32 Å². The summed E-state index contributed by atoms with van der Waals surface area (Å²) in [4.78, 5) is 25.0. The molecule has 11 heteroatoms. The monoisotopic (exact) mass is 431 g/mol. The van der Waals surface area contributed by atoms with E-state index >= 15 is 0 Å². The third-order valence-electron chi connectivity index (χ3n) is 3.61. The number of carbonyl (C=O) groups is 1. The fourth-order valence-electron chi connectivity index (χ4n) is 2.41. The van der Waals surface area contributed by atoms with Gasteiger partial charge in [-0.1, -0.05) is 34.5 Å². The molecule has 0 aliphatic heterocycles. The zero-order valence-electron chi connectivity index (χ0n) is 14.1. The lowest BCUT2D eigenvalue weighted by Crippen LogP contribution is -2.15. The van der Waals surface area contributed by atoms with Crippen molar-refractivity contribution in [1.82, 2.24) is 19.5 Å². The lowest BCUT2D eigenvalue weighted by molar-refractivity contribution is -0.115. The quantitative estimate of drug-likeness (QED) is 0.582. The van der Waals surface area contributed by atoms with Crippen LogP contribution in [0.15, 0.2) is 18.5 Å². The van der Waals surface area contributed by atoms with Crippen LogP contribution in [0.5, 0.6) is 0 Å². The van der Waals surface area contributed by atoms with Crippen LogP contribution in [-0.2, 0) is 11.2 Å². The van der Waals surface area contributed by atoms with Crippen molar-refractivity contribution in [3.8, 4) is 10.7 Å². The number of nitrogens with one attached hydrogen (secondary N) is 1. The first kappa shape index (κ1) is 19.7. The van der Waals surface area contributed by atoms with E-state index in [1.807, 2.05) is 0 Å². The molecule has 0 aliphatic carbocycles. The molecule has 142 valence electrons. The van der Waals surface area contributed by atoms with E-state index in [9.17, 15) is 13.6 Å². The molecule has 27 heavy (non-hydrogen) atoms. The van der Waals surface area contributed by atoms with Crippen LogP contribution in [-0.4, -0.2) is 25.4 Å². The number of amides is 1. The summed E-state index contributed by atoms with van der Waals surface area (Å²) in [5.74, 6) is -0.309. The molecular weight excluding hydrogens is 419 g/mol. The van der Waals surface area contributed by atoms with Crippen molar-refractivity contribution in [3.63, 3.8) is 0 Å². The van der Waals surface area contributed by atoms with Crippen molar-refractivity contribution >= 4 is 45.6 Å². The van der Waals surface area contributed by atoms with Crippen LogP contribution in [0, 0.1) is 13.8 Å². The van der Waals surface area contributed by atoms with Crippen LogP contribution >= 0.6 is 34.5 Å². The lowest BCUT2D eigenvalue weighted by Gasteiger charge is -2.07. The van der Waals surface area contributed by atoms with Gasteiger partial charge in [-0.2, -0.15) is 8.78 Å². The van der Waals surface area contributed by atoms with Crippen LogP contribution in [0.25, 0.3) is 10.7 Å². The average Bonchev–Trinajstić information content (AvgIpc) is 3.17. The molecule has 1 N–H and O–H groups in total. The van der Waals surface area contributed by atoms with Crippen molar-refractivity contribution in [3.05, 3.63) is 45.6 Å². The number of rotatable bonds is 5. The molecule has 0 aromatic carbocycles. The molecule has 0 radical (unpaired) electrons. The summed E-state index contributed by atoms with van der Waals surface area (Å²) in [5.41, 5.74) is 1.53. The molecule has 3 aromatic heterocycles. The van der Waals surface area contributed by atoms with Crippen LogP contribution in [0.1, 0.15) is 23.5 Å². The molecule has 0 bridgehead atoms. The molecule has 1 amide bonds. The summed E-state index contributed by atoms with van der Waals surface area (Å²) in [6, 6.07) is 1.62. The van der Waals surface area contributed by atoms with E-state index in [0.717, 1.165) is 15.9 Å². The Labute approximate surface area is 167 Å². The van der Waals surface area contributed by atoms with Gasteiger partial charge in [-0.3, -0.25) is 9.36 Å². The number of thiazole rings is 1. The molecule has 0 fully saturated rings. The molecule has 3 rings (SSSR count). The van der Waals surface area contributed by atoms with Crippen molar-refractivity contribution in [2.45, 2.75) is 26.8 Å². The van der Waals surface area contributed by atoms with Gasteiger partial charge in [-0.05, 0) is 19.9 Å². The molecule has 0 atom stereocenters. The fourth-order valence-corrected chi connectivity index (χ4v) is 4.06. The van der Waals surface area contributed by atoms with Gasteiger partial charge in [0.15, 0.2) is 11.0 Å². The SMILES string of the molecule is Cc1cc(Cl)c(CC(=O)Nc2nc(C)c(-c3nccn3C(F)F)s2)c(Cl)n1. The second-order valence-corrected chi connectivity index (χ2v) is 7.37. The molecule has 3 aromatic rings. The maximum absolute atomic E-state index is 13.0. The predicted molar refractivity (Wildman–Crippen MR) is 101 cm³/mol. The Hall–Kier alpha value is -2.10. The minimum absolute atomic E-state index is 0.0920. The van der Waals surface area contributed by atoms with Gasteiger partial charge in [0.1, 0.15) is 5.15 Å². The normalized spacial score (nSPS) is 11.2. The molecule has 3 heterocycles. The number of halogens is 4. The number of pyridine rings is 1. The third kappa shape index (κ3) is 4.26. The second kappa shape index (κ2) is 7.87. The first-order valence-electron chi connectivity index (χ1n) is 7.66. The molecule has 0 saturated heterocycles. The average molecular weight is 432 g/mol. The number of nitrogens with zero attached hydrogens (tertiary/aromatic N) is 4. The molecule has 0 unspecified atom stereocenters. The van der Waals surface area contributed by atoms with Crippen LogP contribution in [0.4, 0.5) is 13.9 Å². The van der Waals surface area contributed by atoms with Gasteiger partial charge in [0.25, 0.3) is 0 Å². The van der Waals surface area contributed by atoms with E-state index in [-0.39, 0.29) is 22.5 Å². The van der Waals surface area contributed by atoms with Gasteiger partial charge in [0.05, 0.1) is 17.0 Å². The largest absolute Gasteiger partial charge is 0.320 e. The lowest BCUT2D eigenvalue weighted by atomic mass is 10.2. The van der Waals surface area contributed by atoms with Crippen molar-refractivity contribution in [1.29, 1.82) is 0 Å². The maximum atomic E-state index is 13.0. The Morgan fingerprint density at radius 2 is 2.07 bits per heavy atom. The number of aryl methyl sites for hydroxylation is 2. The van der Waals surface area contributed by atoms with Gasteiger partial charge >= 0.3 is 6.55 Å². The van der Waals surface area contributed by atoms with E-state index in [1.54, 1.807) is 19.9 Å². The Kier molecular flexibility index (Phi) is 5.73. The summed E-state index contributed by atoms with van der Waals surface area (Å²) < 4.78 is 26.8. The Morgan fingerprint density at radius 3 is 2.74 bits per heavy atom. The first-order valence-corrected chi connectivity index (χ1v) is 9.23. The number of hydrogen-bond acceptors (Lipinski definition) is 5. The number of imidazole rings is 1. The molecule has 0 saturated carbocycles. The van der Waals surface area contributed by atoms with Gasteiger partial charge in [0.2, 0.25) is 5.91 Å². The molecule has 6 nitrogen and oxygen atoms in total. The topological polar surface area (TPSA) is 72.7 Å². The number of aromatic nitrogens is 4. The number of hydrogen-bond donors (Lipinski definition) is 1. The Bertz CT molecular complexity index is 982. The van der Waals surface area contributed by atoms with Crippen molar-refractivity contribution in [2.75, 3.05) is 5.32 Å². The third-order valence-corrected chi connectivity index (χ3v) is 5.33.